The van der Waals surface area contributed by atoms with Crippen LogP contribution in [0.3, 0.4) is 0 Å². The fourth-order valence-electron chi connectivity index (χ4n) is 2.62. The zero-order chi connectivity index (χ0) is 14.8. The third kappa shape index (κ3) is 3.61. The van der Waals surface area contributed by atoms with Crippen molar-refractivity contribution < 1.29 is 9.63 Å². The summed E-state index contributed by atoms with van der Waals surface area (Å²) in [5.74, 6) is 1.75. The van der Waals surface area contributed by atoms with Crippen molar-refractivity contribution in [3.63, 3.8) is 0 Å². The van der Waals surface area contributed by atoms with Gasteiger partial charge in [0.25, 0.3) is 5.89 Å². The normalized spacial score (nSPS) is 21.5. The molecule has 1 aromatic heterocycles. The summed E-state index contributed by atoms with van der Waals surface area (Å²) >= 11 is 5.86. The predicted molar refractivity (Wildman–Crippen MR) is 79.8 cm³/mol. The number of hydrogen-bond acceptors (Lipinski definition) is 5. The van der Waals surface area contributed by atoms with Crippen LogP contribution in [0.25, 0.3) is 11.5 Å². The van der Waals surface area contributed by atoms with E-state index in [1.54, 1.807) is 12.1 Å². The molecule has 1 heterocycles. The highest BCUT2D eigenvalue weighted by Gasteiger charge is 2.28. The molecule has 6 heteroatoms. The zero-order valence-electron chi connectivity index (χ0n) is 11.9. The van der Waals surface area contributed by atoms with Gasteiger partial charge in [-0.2, -0.15) is 4.98 Å². The van der Waals surface area contributed by atoms with Crippen LogP contribution in [0, 0.1) is 5.92 Å². The van der Waals surface area contributed by atoms with E-state index in [-0.39, 0.29) is 6.10 Å². The van der Waals surface area contributed by atoms with Crippen molar-refractivity contribution in [3.8, 4) is 11.5 Å². The Hall–Kier alpha value is -1.43. The summed E-state index contributed by atoms with van der Waals surface area (Å²) < 4.78 is 5.28. The summed E-state index contributed by atoms with van der Waals surface area (Å²) in [4.78, 5) is 6.56. The predicted octanol–water partition coefficient (Wildman–Crippen LogP) is 2.59. The molecule has 0 unspecified atom stereocenters. The Morgan fingerprint density at radius 2 is 2.05 bits per heavy atom. The summed E-state index contributed by atoms with van der Waals surface area (Å²) in [5.41, 5.74) is 0.864. The molecule has 1 fully saturated rings. The minimum atomic E-state index is -0.106. The topological polar surface area (TPSA) is 62.4 Å². The van der Waals surface area contributed by atoms with Crippen molar-refractivity contribution in [1.82, 2.24) is 15.0 Å². The van der Waals surface area contributed by atoms with Crippen molar-refractivity contribution in [2.75, 3.05) is 13.6 Å². The van der Waals surface area contributed by atoms with Crippen molar-refractivity contribution in [1.29, 1.82) is 0 Å². The Kier molecular flexibility index (Phi) is 4.24. The van der Waals surface area contributed by atoms with E-state index in [1.165, 1.54) is 0 Å². The molecule has 1 aliphatic carbocycles. The number of rotatable bonds is 5. The molecule has 0 saturated heterocycles. The summed E-state index contributed by atoms with van der Waals surface area (Å²) in [6, 6.07) is 7.32. The lowest BCUT2D eigenvalue weighted by Gasteiger charge is -2.34. The second kappa shape index (κ2) is 6.13. The molecule has 112 valence electrons. The molecule has 1 aromatic carbocycles. The van der Waals surface area contributed by atoms with Crippen molar-refractivity contribution in [3.05, 3.63) is 35.1 Å². The number of aliphatic hydroxyl groups is 1. The third-order valence-corrected chi connectivity index (χ3v) is 4.00. The van der Waals surface area contributed by atoms with Crippen LogP contribution in [0.5, 0.6) is 0 Å². The third-order valence-electron chi connectivity index (χ3n) is 3.75. The highest BCUT2D eigenvalue weighted by atomic mass is 35.5. The number of aliphatic hydroxyl groups excluding tert-OH is 1. The van der Waals surface area contributed by atoms with Crippen molar-refractivity contribution >= 4 is 11.6 Å². The quantitative estimate of drug-likeness (QED) is 0.920. The molecule has 0 spiro atoms. The summed E-state index contributed by atoms with van der Waals surface area (Å²) in [6.07, 6.45) is 1.68. The number of nitrogens with zero attached hydrogens (tertiary/aromatic N) is 3. The number of benzene rings is 1. The van der Waals surface area contributed by atoms with E-state index in [2.05, 4.69) is 15.0 Å². The maximum atomic E-state index is 9.30. The van der Waals surface area contributed by atoms with E-state index in [4.69, 9.17) is 16.1 Å². The van der Waals surface area contributed by atoms with Crippen LogP contribution in [0.2, 0.25) is 5.02 Å². The van der Waals surface area contributed by atoms with Crippen LogP contribution >= 0.6 is 11.6 Å². The molecule has 0 radical (unpaired) electrons. The van der Waals surface area contributed by atoms with E-state index in [0.717, 1.165) is 24.9 Å². The summed E-state index contributed by atoms with van der Waals surface area (Å²) in [5, 5.41) is 14.0. The van der Waals surface area contributed by atoms with Gasteiger partial charge in [-0.15, -0.1) is 0 Å². The van der Waals surface area contributed by atoms with E-state index in [9.17, 15) is 5.11 Å². The monoisotopic (exact) mass is 307 g/mol. The molecule has 2 aromatic rings. The molecule has 0 bridgehead atoms. The van der Waals surface area contributed by atoms with Gasteiger partial charge in [0.2, 0.25) is 0 Å². The lowest BCUT2D eigenvalue weighted by molar-refractivity contribution is 0.0270. The van der Waals surface area contributed by atoms with E-state index in [1.807, 2.05) is 19.2 Å². The minimum absolute atomic E-state index is 0.106. The molecule has 1 saturated carbocycles. The average Bonchev–Trinajstić information content (AvgIpc) is 2.86. The molecule has 21 heavy (non-hydrogen) atoms. The average molecular weight is 308 g/mol. The largest absolute Gasteiger partial charge is 0.393 e. The standard InChI is InChI=1S/C15H18ClN3O2/c1-19(8-10-6-13(20)7-10)9-14-17-15(21-18-14)11-2-4-12(16)5-3-11/h2-5,10,13,20H,6-9H2,1H3. The number of hydrogen-bond donors (Lipinski definition) is 1. The van der Waals surface area contributed by atoms with Gasteiger partial charge in [0.05, 0.1) is 12.6 Å². The Morgan fingerprint density at radius 3 is 2.71 bits per heavy atom. The van der Waals surface area contributed by atoms with E-state index < -0.39 is 0 Å². The first-order valence-corrected chi connectivity index (χ1v) is 7.43. The van der Waals surface area contributed by atoms with Crippen LogP contribution in [-0.2, 0) is 6.54 Å². The summed E-state index contributed by atoms with van der Waals surface area (Å²) in [6.45, 7) is 1.59. The van der Waals surface area contributed by atoms with Gasteiger partial charge in [-0.1, -0.05) is 16.8 Å². The Labute approximate surface area is 128 Å². The van der Waals surface area contributed by atoms with Gasteiger partial charge in [-0.25, -0.2) is 0 Å². The molecule has 0 atom stereocenters. The van der Waals surface area contributed by atoms with Crippen LogP contribution in [0.4, 0.5) is 0 Å². The van der Waals surface area contributed by atoms with Gasteiger partial charge >= 0.3 is 0 Å². The van der Waals surface area contributed by atoms with Gasteiger partial charge in [0.15, 0.2) is 5.82 Å². The number of aromatic nitrogens is 2. The molecule has 1 N–H and O–H groups in total. The Balaban J connectivity index is 1.58. The van der Waals surface area contributed by atoms with Crippen LogP contribution in [0.15, 0.2) is 28.8 Å². The smallest absolute Gasteiger partial charge is 0.257 e. The zero-order valence-corrected chi connectivity index (χ0v) is 12.6. The van der Waals surface area contributed by atoms with Gasteiger partial charge in [-0.05, 0) is 50.1 Å². The van der Waals surface area contributed by atoms with Crippen LogP contribution in [-0.4, -0.2) is 39.8 Å². The fourth-order valence-corrected chi connectivity index (χ4v) is 2.75. The Morgan fingerprint density at radius 1 is 1.33 bits per heavy atom. The van der Waals surface area contributed by atoms with E-state index >= 15 is 0 Å². The molecule has 5 nitrogen and oxygen atoms in total. The van der Waals surface area contributed by atoms with Gasteiger partial charge in [-0.3, -0.25) is 4.90 Å². The highest BCUT2D eigenvalue weighted by molar-refractivity contribution is 6.30. The van der Waals surface area contributed by atoms with Crippen LogP contribution in [0.1, 0.15) is 18.7 Å². The molecule has 1 aliphatic rings. The molecule has 0 aliphatic heterocycles. The van der Waals surface area contributed by atoms with Gasteiger partial charge in [0, 0.05) is 17.1 Å². The summed E-state index contributed by atoms with van der Waals surface area (Å²) in [7, 11) is 2.03. The lowest BCUT2D eigenvalue weighted by atomic mass is 9.82. The minimum Gasteiger partial charge on any atom is -0.393 e. The highest BCUT2D eigenvalue weighted by Crippen LogP contribution is 2.28. The first kappa shape index (κ1) is 14.5. The lowest BCUT2D eigenvalue weighted by Crippen LogP contribution is -2.36. The van der Waals surface area contributed by atoms with Crippen molar-refractivity contribution in [2.24, 2.45) is 5.92 Å². The molecular formula is C15H18ClN3O2. The SMILES string of the molecule is CN(Cc1noc(-c2ccc(Cl)cc2)n1)CC1CC(O)C1. The van der Waals surface area contributed by atoms with Gasteiger partial charge in [0.1, 0.15) is 0 Å². The first-order chi connectivity index (χ1) is 10.1. The van der Waals surface area contributed by atoms with E-state index in [0.29, 0.717) is 29.2 Å². The second-order valence-corrected chi connectivity index (χ2v) is 6.15. The van der Waals surface area contributed by atoms with Crippen molar-refractivity contribution in [2.45, 2.75) is 25.5 Å². The van der Waals surface area contributed by atoms with Gasteiger partial charge < -0.3 is 9.63 Å². The fraction of sp³-hybridized carbons (Fsp3) is 0.467. The number of halogens is 1. The van der Waals surface area contributed by atoms with Crippen LogP contribution < -0.4 is 0 Å². The molecule has 3 rings (SSSR count). The maximum Gasteiger partial charge on any atom is 0.257 e. The molecule has 0 amide bonds. The second-order valence-electron chi connectivity index (χ2n) is 5.71. The Bertz CT molecular complexity index is 593. The molecular weight excluding hydrogens is 290 g/mol. The first-order valence-electron chi connectivity index (χ1n) is 7.05. The maximum absolute atomic E-state index is 9.30.